The van der Waals surface area contributed by atoms with Gasteiger partial charge < -0.3 is 15.7 Å². The Morgan fingerprint density at radius 2 is 2.17 bits per heavy atom. The van der Waals surface area contributed by atoms with E-state index in [4.69, 9.17) is 22.4 Å². The van der Waals surface area contributed by atoms with Gasteiger partial charge in [-0.3, -0.25) is 4.79 Å². The van der Waals surface area contributed by atoms with Gasteiger partial charge in [0.2, 0.25) is 0 Å². The zero-order valence-electron chi connectivity index (χ0n) is 9.60. The topological polar surface area (TPSA) is 83.6 Å². The van der Waals surface area contributed by atoms with Crippen LogP contribution in [-0.2, 0) is 4.79 Å². The molecule has 0 spiro atoms. The summed E-state index contributed by atoms with van der Waals surface area (Å²) in [5.41, 5.74) is 6.20. The lowest BCUT2D eigenvalue weighted by Gasteiger charge is -2.22. The van der Waals surface area contributed by atoms with Gasteiger partial charge in [-0.05, 0) is 25.0 Å². The molecule has 0 aromatic heterocycles. The number of benzene rings is 1. The summed E-state index contributed by atoms with van der Waals surface area (Å²) in [5.74, 6) is -1.36. The first kappa shape index (κ1) is 12.7. The van der Waals surface area contributed by atoms with Gasteiger partial charge in [-0.1, -0.05) is 17.7 Å². The van der Waals surface area contributed by atoms with Gasteiger partial charge in [-0.25, -0.2) is 4.79 Å². The second-order valence-electron chi connectivity index (χ2n) is 4.20. The molecule has 1 fully saturated rings. The number of nitrogens with two attached hydrogens (primary N) is 1. The van der Waals surface area contributed by atoms with Crippen molar-refractivity contribution in [3.63, 3.8) is 0 Å². The van der Waals surface area contributed by atoms with Crippen molar-refractivity contribution < 1.29 is 14.7 Å². The van der Waals surface area contributed by atoms with Crippen molar-refractivity contribution in [1.82, 2.24) is 4.90 Å². The van der Waals surface area contributed by atoms with Crippen LogP contribution in [0.5, 0.6) is 0 Å². The van der Waals surface area contributed by atoms with E-state index in [2.05, 4.69) is 0 Å². The van der Waals surface area contributed by atoms with Crippen molar-refractivity contribution in [3.05, 3.63) is 28.8 Å². The third-order valence-corrected chi connectivity index (χ3v) is 3.41. The minimum Gasteiger partial charge on any atom is -0.480 e. The number of para-hydroxylation sites is 1. The van der Waals surface area contributed by atoms with Gasteiger partial charge in [-0.2, -0.15) is 0 Å². The van der Waals surface area contributed by atoms with Crippen LogP contribution >= 0.6 is 11.6 Å². The molecule has 1 unspecified atom stereocenters. The summed E-state index contributed by atoms with van der Waals surface area (Å²) in [6.07, 6.45) is 1.16. The summed E-state index contributed by atoms with van der Waals surface area (Å²) < 4.78 is 0. The predicted molar refractivity (Wildman–Crippen MR) is 67.6 cm³/mol. The molecular weight excluding hydrogens is 256 g/mol. The fourth-order valence-electron chi connectivity index (χ4n) is 2.14. The highest BCUT2D eigenvalue weighted by molar-refractivity contribution is 6.34. The zero-order valence-corrected chi connectivity index (χ0v) is 10.4. The highest BCUT2D eigenvalue weighted by Gasteiger charge is 2.35. The molecular formula is C12H13ClN2O3. The van der Waals surface area contributed by atoms with Crippen molar-refractivity contribution in [1.29, 1.82) is 0 Å². The Bertz CT molecular complexity index is 504. The number of carbonyl (C=O) groups excluding carboxylic acids is 1. The Kier molecular flexibility index (Phi) is 3.43. The Hall–Kier alpha value is -1.75. The van der Waals surface area contributed by atoms with Gasteiger partial charge in [0.25, 0.3) is 5.91 Å². The molecule has 1 saturated heterocycles. The fraction of sp³-hybridized carbons (Fsp3) is 0.333. The molecule has 1 aliphatic heterocycles. The molecule has 1 atom stereocenters. The fourth-order valence-corrected chi connectivity index (χ4v) is 2.32. The summed E-state index contributed by atoms with van der Waals surface area (Å²) in [6, 6.07) is 4.00. The van der Waals surface area contributed by atoms with E-state index >= 15 is 0 Å². The van der Waals surface area contributed by atoms with E-state index in [1.165, 1.54) is 4.90 Å². The minimum absolute atomic E-state index is 0.195. The van der Waals surface area contributed by atoms with Crippen molar-refractivity contribution in [2.24, 2.45) is 0 Å². The number of carbonyl (C=O) groups is 2. The Morgan fingerprint density at radius 3 is 2.83 bits per heavy atom. The van der Waals surface area contributed by atoms with E-state index in [-0.39, 0.29) is 17.2 Å². The Morgan fingerprint density at radius 1 is 1.44 bits per heavy atom. The number of likely N-dealkylation sites (tertiary alicyclic amines) is 1. The van der Waals surface area contributed by atoms with Gasteiger partial charge in [0, 0.05) is 6.54 Å². The van der Waals surface area contributed by atoms with E-state index < -0.39 is 12.0 Å². The third-order valence-electron chi connectivity index (χ3n) is 3.08. The van der Waals surface area contributed by atoms with E-state index in [0.717, 1.165) is 0 Å². The van der Waals surface area contributed by atoms with Crippen LogP contribution in [0.1, 0.15) is 23.2 Å². The van der Waals surface area contributed by atoms with Crippen molar-refractivity contribution in [3.8, 4) is 0 Å². The van der Waals surface area contributed by atoms with Crippen LogP contribution in [-0.4, -0.2) is 34.5 Å². The van der Waals surface area contributed by atoms with Crippen molar-refractivity contribution >= 4 is 29.2 Å². The third kappa shape index (κ3) is 2.13. The van der Waals surface area contributed by atoms with Gasteiger partial charge in [0.1, 0.15) is 6.04 Å². The summed E-state index contributed by atoms with van der Waals surface area (Å²) in [4.78, 5) is 24.6. The number of amides is 1. The quantitative estimate of drug-likeness (QED) is 0.798. The number of nitrogens with zero attached hydrogens (tertiary/aromatic N) is 1. The highest BCUT2D eigenvalue weighted by Crippen LogP contribution is 2.26. The molecule has 6 heteroatoms. The van der Waals surface area contributed by atoms with Crippen molar-refractivity contribution in [2.75, 3.05) is 12.3 Å². The molecule has 3 N–H and O–H groups in total. The Labute approximate surface area is 109 Å². The van der Waals surface area contributed by atoms with Gasteiger partial charge in [0.05, 0.1) is 16.3 Å². The lowest BCUT2D eigenvalue weighted by atomic mass is 10.1. The van der Waals surface area contributed by atoms with E-state index in [1.54, 1.807) is 18.2 Å². The lowest BCUT2D eigenvalue weighted by Crippen LogP contribution is -2.40. The molecule has 1 heterocycles. The largest absolute Gasteiger partial charge is 0.480 e. The van der Waals surface area contributed by atoms with Gasteiger partial charge >= 0.3 is 5.97 Å². The number of carboxylic acids is 1. The molecule has 0 bridgehead atoms. The normalized spacial score (nSPS) is 18.9. The molecule has 0 saturated carbocycles. The molecule has 1 aromatic carbocycles. The molecule has 0 radical (unpaired) electrons. The number of rotatable bonds is 2. The maximum Gasteiger partial charge on any atom is 0.326 e. The molecule has 18 heavy (non-hydrogen) atoms. The standard InChI is InChI=1S/C12H13ClN2O3/c13-8-4-1-3-7(10(8)14)11(16)15-6-2-5-9(15)12(17)18/h1,3-4,9H,2,5-6,14H2,(H,17,18). The maximum atomic E-state index is 12.3. The maximum absolute atomic E-state index is 12.3. The van der Waals surface area contributed by atoms with E-state index in [1.807, 2.05) is 0 Å². The second kappa shape index (κ2) is 4.86. The predicted octanol–water partition coefficient (Wildman–Crippen LogP) is 1.61. The number of carboxylic acid groups (broad SMARTS) is 1. The number of halogens is 1. The smallest absolute Gasteiger partial charge is 0.326 e. The first-order valence-corrected chi connectivity index (χ1v) is 5.98. The molecule has 96 valence electrons. The molecule has 5 nitrogen and oxygen atoms in total. The van der Waals surface area contributed by atoms with Crippen LogP contribution in [0.3, 0.4) is 0 Å². The monoisotopic (exact) mass is 268 g/mol. The van der Waals surface area contributed by atoms with E-state index in [9.17, 15) is 9.59 Å². The number of hydrogen-bond acceptors (Lipinski definition) is 3. The molecule has 1 aliphatic rings. The highest BCUT2D eigenvalue weighted by atomic mass is 35.5. The summed E-state index contributed by atoms with van der Waals surface area (Å²) in [6.45, 7) is 0.432. The van der Waals surface area contributed by atoms with E-state index in [0.29, 0.717) is 24.4 Å². The number of aliphatic carboxylic acids is 1. The van der Waals surface area contributed by atoms with Crippen LogP contribution < -0.4 is 5.73 Å². The first-order valence-electron chi connectivity index (χ1n) is 5.60. The Balaban J connectivity index is 2.31. The molecule has 1 amide bonds. The van der Waals surface area contributed by atoms with Crippen LogP contribution in [0.15, 0.2) is 18.2 Å². The SMILES string of the molecule is Nc1c(Cl)cccc1C(=O)N1CCCC1C(=O)O. The molecule has 2 rings (SSSR count). The number of anilines is 1. The van der Waals surface area contributed by atoms with Crippen LogP contribution in [0.4, 0.5) is 5.69 Å². The minimum atomic E-state index is -0.985. The van der Waals surface area contributed by atoms with Gasteiger partial charge in [0.15, 0.2) is 0 Å². The molecule has 1 aromatic rings. The average molecular weight is 269 g/mol. The number of hydrogen-bond donors (Lipinski definition) is 2. The van der Waals surface area contributed by atoms with Gasteiger partial charge in [-0.15, -0.1) is 0 Å². The summed E-state index contributed by atoms with van der Waals surface area (Å²) in [5, 5.41) is 9.35. The van der Waals surface area contributed by atoms with Crippen molar-refractivity contribution in [2.45, 2.75) is 18.9 Å². The zero-order chi connectivity index (χ0) is 13.3. The summed E-state index contributed by atoms with van der Waals surface area (Å²) in [7, 11) is 0. The van der Waals surface area contributed by atoms with Crippen LogP contribution in [0.25, 0.3) is 0 Å². The molecule has 0 aliphatic carbocycles. The lowest BCUT2D eigenvalue weighted by molar-refractivity contribution is -0.141. The second-order valence-corrected chi connectivity index (χ2v) is 4.60. The van der Waals surface area contributed by atoms with Crippen LogP contribution in [0, 0.1) is 0 Å². The van der Waals surface area contributed by atoms with Crippen LogP contribution in [0.2, 0.25) is 5.02 Å². The number of nitrogen functional groups attached to an aromatic ring is 1. The average Bonchev–Trinajstić information content (AvgIpc) is 2.81. The summed E-state index contributed by atoms with van der Waals surface area (Å²) >= 11 is 5.85. The first-order chi connectivity index (χ1) is 8.52.